The molecule has 1 unspecified atom stereocenters. The average molecular weight is 747 g/mol. The molecule has 0 saturated heterocycles. The van der Waals surface area contributed by atoms with Crippen LogP contribution in [0.5, 0.6) is 0 Å². The Balaban J connectivity index is 4.54. The van der Waals surface area contributed by atoms with Crippen molar-refractivity contribution in [3.8, 4) is 0 Å². The smallest absolute Gasteiger partial charge is 0.306 e. The molecule has 0 aromatic heterocycles. The Morgan fingerprint density at radius 2 is 0.759 bits per heavy atom. The molecule has 0 aliphatic heterocycles. The van der Waals surface area contributed by atoms with Crippen molar-refractivity contribution in [3.05, 3.63) is 109 Å². The maximum absolute atomic E-state index is 12.7. The predicted octanol–water partition coefficient (Wildman–Crippen LogP) is 13.2. The summed E-state index contributed by atoms with van der Waals surface area (Å²) in [5.74, 6) is -1.03. The molecule has 0 aromatic carbocycles. The molecule has 54 heavy (non-hydrogen) atoms. The molecule has 0 aliphatic rings. The minimum Gasteiger partial charge on any atom is -0.462 e. The van der Waals surface area contributed by atoms with Gasteiger partial charge in [0.1, 0.15) is 13.2 Å². The molecule has 6 nitrogen and oxygen atoms in total. The fraction of sp³-hybridized carbons (Fsp3) is 0.562. The van der Waals surface area contributed by atoms with Crippen LogP contribution in [0.3, 0.4) is 0 Å². The van der Waals surface area contributed by atoms with E-state index in [9.17, 15) is 14.4 Å². The van der Waals surface area contributed by atoms with Gasteiger partial charge in [-0.1, -0.05) is 149 Å². The summed E-state index contributed by atoms with van der Waals surface area (Å²) in [7, 11) is 0. The second-order valence-corrected chi connectivity index (χ2v) is 13.2. The molecular weight excluding hydrogens is 673 g/mol. The lowest BCUT2D eigenvalue weighted by molar-refractivity contribution is -0.167. The van der Waals surface area contributed by atoms with E-state index in [0.29, 0.717) is 19.3 Å². The zero-order chi connectivity index (χ0) is 39.4. The first kappa shape index (κ1) is 50.1. The molecule has 0 heterocycles. The monoisotopic (exact) mass is 747 g/mol. The van der Waals surface area contributed by atoms with E-state index in [-0.39, 0.29) is 37.5 Å². The SMILES string of the molecule is CC\C=C/C=C\C=C/C=C\CCCCCC(=O)OC(COC(=O)CCCC/C=C\C/C=C\CC)COC(=O)CCCCCC/C=C\C/C=C\C/C=C\CC. The highest BCUT2D eigenvalue weighted by Gasteiger charge is 2.19. The van der Waals surface area contributed by atoms with E-state index in [1.54, 1.807) is 0 Å². The highest BCUT2D eigenvalue weighted by molar-refractivity contribution is 5.71. The molecule has 0 aliphatic carbocycles. The van der Waals surface area contributed by atoms with E-state index >= 15 is 0 Å². The van der Waals surface area contributed by atoms with Gasteiger partial charge in [-0.2, -0.15) is 0 Å². The highest BCUT2D eigenvalue weighted by Crippen LogP contribution is 2.11. The van der Waals surface area contributed by atoms with Gasteiger partial charge in [0.25, 0.3) is 0 Å². The first-order valence-electron chi connectivity index (χ1n) is 20.9. The molecule has 0 N–H and O–H groups in total. The van der Waals surface area contributed by atoms with Crippen LogP contribution < -0.4 is 0 Å². The van der Waals surface area contributed by atoms with E-state index in [1.165, 1.54) is 0 Å². The summed E-state index contributed by atoms with van der Waals surface area (Å²) in [5.41, 5.74) is 0. The van der Waals surface area contributed by atoms with Crippen LogP contribution in [-0.2, 0) is 28.6 Å². The quantitative estimate of drug-likeness (QED) is 0.0211. The number of carbonyl (C=O) groups excluding carboxylic acids is 3. The van der Waals surface area contributed by atoms with Gasteiger partial charge in [-0.25, -0.2) is 0 Å². The van der Waals surface area contributed by atoms with Gasteiger partial charge >= 0.3 is 17.9 Å². The largest absolute Gasteiger partial charge is 0.462 e. The van der Waals surface area contributed by atoms with Gasteiger partial charge in [-0.05, 0) is 96.3 Å². The van der Waals surface area contributed by atoms with Crippen LogP contribution in [0, 0.1) is 0 Å². The number of unbranched alkanes of at least 4 members (excludes halogenated alkanes) is 9. The van der Waals surface area contributed by atoms with Gasteiger partial charge in [0.15, 0.2) is 6.10 Å². The van der Waals surface area contributed by atoms with E-state index in [4.69, 9.17) is 14.2 Å². The van der Waals surface area contributed by atoms with Crippen molar-refractivity contribution in [2.45, 2.75) is 162 Å². The van der Waals surface area contributed by atoms with E-state index < -0.39 is 6.10 Å². The topological polar surface area (TPSA) is 78.9 Å². The zero-order valence-electron chi connectivity index (χ0n) is 34.2. The third-order valence-corrected chi connectivity index (χ3v) is 8.10. The van der Waals surface area contributed by atoms with E-state index in [2.05, 4.69) is 93.7 Å². The lowest BCUT2D eigenvalue weighted by Crippen LogP contribution is -2.30. The Bertz CT molecular complexity index is 1180. The predicted molar refractivity (Wildman–Crippen MR) is 228 cm³/mol. The third-order valence-electron chi connectivity index (χ3n) is 8.10. The van der Waals surface area contributed by atoms with Gasteiger partial charge in [-0.15, -0.1) is 0 Å². The molecule has 6 heteroatoms. The Kier molecular flexibility index (Phi) is 38.8. The molecule has 0 aromatic rings. The molecule has 1 atom stereocenters. The van der Waals surface area contributed by atoms with Crippen LogP contribution in [0.4, 0.5) is 0 Å². The van der Waals surface area contributed by atoms with Crippen molar-refractivity contribution in [3.63, 3.8) is 0 Å². The average Bonchev–Trinajstić information content (AvgIpc) is 3.17. The molecule has 0 bridgehead atoms. The molecule has 0 spiro atoms. The second-order valence-electron chi connectivity index (χ2n) is 13.2. The van der Waals surface area contributed by atoms with Gasteiger partial charge in [-0.3, -0.25) is 14.4 Å². The molecule has 0 rings (SSSR count). The number of rotatable bonds is 35. The summed E-state index contributed by atoms with van der Waals surface area (Å²) in [4.78, 5) is 37.6. The van der Waals surface area contributed by atoms with Crippen LogP contribution in [0.1, 0.15) is 156 Å². The lowest BCUT2D eigenvalue weighted by atomic mass is 10.1. The summed E-state index contributed by atoms with van der Waals surface area (Å²) >= 11 is 0. The van der Waals surface area contributed by atoms with Gasteiger partial charge in [0.05, 0.1) is 0 Å². The standard InChI is InChI=1S/C48H74O6/c1-4-7-10-13-16-19-21-23-25-26-29-32-35-38-41-47(50)53-44-45(43-52-46(49)40-37-34-31-28-18-15-12-9-6-3)54-48(51)42-39-36-33-30-27-24-22-20-17-14-11-8-5-2/h7-12,14,16-20,22-25,27-28,45H,4-6,13,15,21,26,29-44H2,1-3H3/b10-7-,11-8-,12-9-,17-14-,19-16-,22-20-,25-23-,27-24-,28-18-. The Morgan fingerprint density at radius 3 is 1.30 bits per heavy atom. The Labute approximate surface area is 330 Å². The number of ether oxygens (including phenoxy) is 3. The van der Waals surface area contributed by atoms with Crippen molar-refractivity contribution in [1.29, 1.82) is 0 Å². The van der Waals surface area contributed by atoms with Crippen LogP contribution >= 0.6 is 0 Å². The van der Waals surface area contributed by atoms with Crippen LogP contribution in [0.25, 0.3) is 0 Å². The minimum atomic E-state index is -0.819. The van der Waals surface area contributed by atoms with Crippen molar-refractivity contribution in [2.24, 2.45) is 0 Å². The molecule has 0 fully saturated rings. The van der Waals surface area contributed by atoms with Crippen LogP contribution in [0.15, 0.2) is 109 Å². The van der Waals surface area contributed by atoms with Crippen molar-refractivity contribution in [2.75, 3.05) is 13.2 Å². The summed E-state index contributed by atoms with van der Waals surface area (Å²) in [6.45, 7) is 6.12. The first-order valence-corrected chi connectivity index (χ1v) is 20.9. The Hall–Kier alpha value is -3.93. The molecule has 0 radical (unpaired) electrons. The molecule has 0 amide bonds. The number of allylic oxidation sites excluding steroid dienone is 18. The summed E-state index contributed by atoms with van der Waals surface area (Å²) < 4.78 is 16.5. The molecule has 302 valence electrons. The number of esters is 3. The van der Waals surface area contributed by atoms with Gasteiger partial charge in [0.2, 0.25) is 0 Å². The summed E-state index contributed by atoms with van der Waals surface area (Å²) in [6.07, 6.45) is 55.1. The van der Waals surface area contributed by atoms with Gasteiger partial charge < -0.3 is 14.2 Å². The normalized spacial score (nSPS) is 13.2. The van der Waals surface area contributed by atoms with Crippen molar-refractivity contribution in [1.82, 2.24) is 0 Å². The first-order chi connectivity index (χ1) is 26.5. The molecular formula is C48H74O6. The maximum atomic E-state index is 12.7. The van der Waals surface area contributed by atoms with Crippen molar-refractivity contribution >= 4 is 17.9 Å². The van der Waals surface area contributed by atoms with Crippen LogP contribution in [-0.4, -0.2) is 37.2 Å². The zero-order valence-corrected chi connectivity index (χ0v) is 34.2. The maximum Gasteiger partial charge on any atom is 0.306 e. The van der Waals surface area contributed by atoms with E-state index in [1.807, 2.05) is 36.5 Å². The number of carbonyl (C=O) groups is 3. The number of hydrogen-bond donors (Lipinski definition) is 0. The number of hydrogen-bond acceptors (Lipinski definition) is 6. The second kappa shape index (κ2) is 41.8. The van der Waals surface area contributed by atoms with Crippen LogP contribution in [0.2, 0.25) is 0 Å². The molecule has 0 saturated carbocycles. The Morgan fingerprint density at radius 1 is 0.389 bits per heavy atom. The summed E-state index contributed by atoms with van der Waals surface area (Å²) in [6, 6.07) is 0. The highest BCUT2D eigenvalue weighted by atomic mass is 16.6. The third kappa shape index (κ3) is 39.3. The fourth-order valence-electron chi connectivity index (χ4n) is 5.03. The summed E-state index contributed by atoms with van der Waals surface area (Å²) in [5, 5.41) is 0. The van der Waals surface area contributed by atoms with Gasteiger partial charge in [0, 0.05) is 19.3 Å². The van der Waals surface area contributed by atoms with Crippen molar-refractivity contribution < 1.29 is 28.6 Å². The lowest BCUT2D eigenvalue weighted by Gasteiger charge is -2.18. The minimum absolute atomic E-state index is 0.119. The fourth-order valence-corrected chi connectivity index (χ4v) is 5.03. The van der Waals surface area contributed by atoms with E-state index in [0.717, 1.165) is 109 Å².